The summed E-state index contributed by atoms with van der Waals surface area (Å²) in [5, 5.41) is 3.92. The summed E-state index contributed by atoms with van der Waals surface area (Å²) in [6.07, 6.45) is 0. The molecule has 0 unspecified atom stereocenters. The molecule has 0 saturated heterocycles. The molecule has 0 bridgehead atoms. The van der Waals surface area contributed by atoms with Crippen molar-refractivity contribution in [3.8, 4) is 5.75 Å². The fraction of sp³-hybridized carbons (Fsp3) is 0.417. The predicted octanol–water partition coefficient (Wildman–Crippen LogP) is 5.42. The van der Waals surface area contributed by atoms with E-state index in [4.69, 9.17) is 27.9 Å². The molecule has 0 saturated carbocycles. The number of methoxy groups -OCH3 is 1. The van der Waals surface area contributed by atoms with Gasteiger partial charge in [-0.25, -0.2) is 0 Å². The van der Waals surface area contributed by atoms with E-state index < -0.39 is 6.04 Å². The van der Waals surface area contributed by atoms with Crippen molar-refractivity contribution in [2.75, 3.05) is 19.4 Å². The third-order valence-corrected chi connectivity index (χ3v) is 6.57. The number of hydrogen-bond donors (Lipinski definition) is 1. The highest BCUT2D eigenvalue weighted by molar-refractivity contribution is 7.99. The van der Waals surface area contributed by atoms with E-state index in [2.05, 4.69) is 5.32 Å². The first kappa shape index (κ1) is 26.4. The molecule has 8 heteroatoms. The molecule has 174 valence electrons. The summed E-state index contributed by atoms with van der Waals surface area (Å²) in [6.45, 7) is 6.74. The second-order valence-corrected chi connectivity index (χ2v) is 9.73. The number of ether oxygens (including phenoxy) is 1. The first-order valence-electron chi connectivity index (χ1n) is 10.4. The maximum absolute atomic E-state index is 13.1. The lowest BCUT2D eigenvalue weighted by Crippen LogP contribution is -2.48. The first-order chi connectivity index (χ1) is 15.2. The van der Waals surface area contributed by atoms with Crippen molar-refractivity contribution >= 4 is 46.8 Å². The highest BCUT2D eigenvalue weighted by Crippen LogP contribution is 2.25. The van der Waals surface area contributed by atoms with Gasteiger partial charge in [0.05, 0.1) is 22.9 Å². The molecule has 1 N–H and O–H groups in total. The Kier molecular flexibility index (Phi) is 10.7. The highest BCUT2D eigenvalue weighted by atomic mass is 35.5. The van der Waals surface area contributed by atoms with Crippen LogP contribution in [-0.4, -0.2) is 42.2 Å². The zero-order chi connectivity index (χ0) is 23.7. The quantitative estimate of drug-likeness (QED) is 0.450. The zero-order valence-corrected chi connectivity index (χ0v) is 21.2. The molecule has 0 aliphatic rings. The van der Waals surface area contributed by atoms with Gasteiger partial charge >= 0.3 is 0 Å². The van der Waals surface area contributed by atoms with Crippen LogP contribution in [0.15, 0.2) is 42.5 Å². The van der Waals surface area contributed by atoms with Crippen molar-refractivity contribution in [3.63, 3.8) is 0 Å². The van der Waals surface area contributed by atoms with Crippen LogP contribution in [0.25, 0.3) is 0 Å². The third-order valence-electron chi connectivity index (χ3n) is 4.84. The smallest absolute Gasteiger partial charge is 0.242 e. The molecule has 0 aromatic heterocycles. The maximum atomic E-state index is 13.1. The van der Waals surface area contributed by atoms with Gasteiger partial charge < -0.3 is 15.0 Å². The monoisotopic (exact) mass is 496 g/mol. The van der Waals surface area contributed by atoms with E-state index in [1.54, 1.807) is 31.1 Å². The van der Waals surface area contributed by atoms with Crippen LogP contribution in [0.4, 0.5) is 0 Å². The largest absolute Gasteiger partial charge is 0.497 e. The lowest BCUT2D eigenvalue weighted by atomic mass is 10.1. The Labute approximate surface area is 204 Å². The summed E-state index contributed by atoms with van der Waals surface area (Å²) in [4.78, 5) is 27.4. The molecule has 5 nitrogen and oxygen atoms in total. The van der Waals surface area contributed by atoms with Crippen molar-refractivity contribution in [2.24, 2.45) is 5.92 Å². The summed E-state index contributed by atoms with van der Waals surface area (Å²) in [5.41, 5.74) is 1.92. The number of benzene rings is 2. The standard InChI is InChI=1S/C24H30Cl2N2O3S/c1-16(2)12-27-24(30)17(3)28(13-18-5-8-20(31-4)9-6-18)23(29)15-32-14-19-7-10-21(25)22(26)11-19/h5-11,16-17H,12-15H2,1-4H3,(H,27,30)/t17-/m0/s1. The average Bonchev–Trinajstić information content (AvgIpc) is 2.78. The molecule has 0 fully saturated rings. The van der Waals surface area contributed by atoms with E-state index in [0.29, 0.717) is 34.8 Å². The van der Waals surface area contributed by atoms with E-state index in [9.17, 15) is 9.59 Å². The van der Waals surface area contributed by atoms with Crippen LogP contribution < -0.4 is 10.1 Å². The van der Waals surface area contributed by atoms with Gasteiger partial charge in [-0.2, -0.15) is 0 Å². The lowest BCUT2D eigenvalue weighted by Gasteiger charge is -2.29. The number of rotatable bonds is 11. The molecule has 0 heterocycles. The van der Waals surface area contributed by atoms with E-state index in [0.717, 1.165) is 16.9 Å². The maximum Gasteiger partial charge on any atom is 0.242 e. The second-order valence-electron chi connectivity index (χ2n) is 7.93. The molecule has 32 heavy (non-hydrogen) atoms. The van der Waals surface area contributed by atoms with Crippen LogP contribution >= 0.6 is 35.0 Å². The lowest BCUT2D eigenvalue weighted by molar-refractivity contribution is -0.138. The van der Waals surface area contributed by atoms with Gasteiger partial charge in [-0.05, 0) is 48.2 Å². The van der Waals surface area contributed by atoms with Crippen LogP contribution in [0, 0.1) is 5.92 Å². The van der Waals surface area contributed by atoms with E-state index >= 15 is 0 Å². The minimum absolute atomic E-state index is 0.0990. The van der Waals surface area contributed by atoms with Crippen LogP contribution in [0.2, 0.25) is 10.0 Å². The minimum Gasteiger partial charge on any atom is -0.497 e. The summed E-state index contributed by atoms with van der Waals surface area (Å²) in [5.74, 6) is 1.68. The number of carbonyl (C=O) groups excluding carboxylic acids is 2. The molecular formula is C24H30Cl2N2O3S. The summed E-state index contributed by atoms with van der Waals surface area (Å²) < 4.78 is 5.21. The average molecular weight is 497 g/mol. The van der Waals surface area contributed by atoms with Gasteiger partial charge in [-0.3, -0.25) is 9.59 Å². The predicted molar refractivity (Wildman–Crippen MR) is 133 cm³/mol. The van der Waals surface area contributed by atoms with Crippen molar-refractivity contribution in [1.82, 2.24) is 10.2 Å². The zero-order valence-electron chi connectivity index (χ0n) is 18.9. The van der Waals surface area contributed by atoms with Crippen LogP contribution in [0.3, 0.4) is 0 Å². The van der Waals surface area contributed by atoms with Gasteiger partial charge in [0.25, 0.3) is 0 Å². The summed E-state index contributed by atoms with van der Waals surface area (Å²) >= 11 is 13.5. The Bertz CT molecular complexity index is 907. The molecule has 1 atom stereocenters. The Morgan fingerprint density at radius 1 is 1.03 bits per heavy atom. The topological polar surface area (TPSA) is 58.6 Å². The molecule has 0 aliphatic carbocycles. The highest BCUT2D eigenvalue weighted by Gasteiger charge is 2.26. The van der Waals surface area contributed by atoms with Crippen LogP contribution in [0.1, 0.15) is 31.9 Å². The van der Waals surface area contributed by atoms with E-state index in [1.165, 1.54) is 11.8 Å². The van der Waals surface area contributed by atoms with Gasteiger partial charge in [0.2, 0.25) is 11.8 Å². The van der Waals surface area contributed by atoms with Gasteiger partial charge in [0.1, 0.15) is 11.8 Å². The molecule has 0 aliphatic heterocycles. The second kappa shape index (κ2) is 13.0. The molecule has 2 rings (SSSR count). The van der Waals surface area contributed by atoms with Crippen LogP contribution in [-0.2, 0) is 21.9 Å². The normalized spacial score (nSPS) is 11.8. The minimum atomic E-state index is -0.589. The number of nitrogens with zero attached hydrogens (tertiary/aromatic N) is 1. The Morgan fingerprint density at radius 3 is 2.28 bits per heavy atom. The van der Waals surface area contributed by atoms with Crippen molar-refractivity contribution in [1.29, 1.82) is 0 Å². The molecule has 0 radical (unpaired) electrons. The summed E-state index contributed by atoms with van der Waals surface area (Å²) in [7, 11) is 1.61. The van der Waals surface area contributed by atoms with Crippen molar-refractivity contribution in [2.45, 2.75) is 39.1 Å². The Balaban J connectivity index is 2.07. The molecule has 2 aromatic carbocycles. The van der Waals surface area contributed by atoms with Crippen molar-refractivity contribution in [3.05, 3.63) is 63.6 Å². The molecule has 2 aromatic rings. The Morgan fingerprint density at radius 2 is 1.69 bits per heavy atom. The number of hydrogen-bond acceptors (Lipinski definition) is 4. The van der Waals surface area contributed by atoms with E-state index in [-0.39, 0.29) is 17.6 Å². The Hall–Kier alpha value is -1.89. The third kappa shape index (κ3) is 8.23. The fourth-order valence-electron chi connectivity index (χ4n) is 2.93. The fourth-order valence-corrected chi connectivity index (χ4v) is 4.11. The number of nitrogens with one attached hydrogen (secondary N) is 1. The van der Waals surface area contributed by atoms with Gasteiger partial charge in [-0.1, -0.05) is 55.2 Å². The van der Waals surface area contributed by atoms with Crippen molar-refractivity contribution < 1.29 is 14.3 Å². The van der Waals surface area contributed by atoms with Gasteiger partial charge in [0.15, 0.2) is 0 Å². The molecule has 0 spiro atoms. The molecular weight excluding hydrogens is 467 g/mol. The van der Waals surface area contributed by atoms with Gasteiger partial charge in [-0.15, -0.1) is 11.8 Å². The van der Waals surface area contributed by atoms with E-state index in [1.807, 2.05) is 44.2 Å². The summed E-state index contributed by atoms with van der Waals surface area (Å²) in [6, 6.07) is 12.4. The van der Waals surface area contributed by atoms with Crippen LogP contribution in [0.5, 0.6) is 5.75 Å². The SMILES string of the molecule is COc1ccc(CN(C(=O)CSCc2ccc(Cl)c(Cl)c2)[C@@H](C)C(=O)NCC(C)C)cc1. The molecule has 2 amide bonds. The number of carbonyl (C=O) groups is 2. The van der Waals surface area contributed by atoms with Gasteiger partial charge in [0, 0.05) is 18.8 Å². The number of thioether (sulfide) groups is 1. The first-order valence-corrected chi connectivity index (χ1v) is 12.3. The number of amides is 2. The number of halogens is 2.